The summed E-state index contributed by atoms with van der Waals surface area (Å²) in [5.41, 5.74) is 0.925. The molecule has 0 spiro atoms. The summed E-state index contributed by atoms with van der Waals surface area (Å²) < 4.78 is 31.8. The molecule has 0 aliphatic heterocycles. The number of nitrogens with zero attached hydrogens (tertiary/aromatic N) is 1. The molecule has 3 aromatic rings. The maximum Gasteiger partial charge on any atom is 0.313 e. The van der Waals surface area contributed by atoms with Crippen molar-refractivity contribution in [3.63, 3.8) is 0 Å². The third-order valence-electron chi connectivity index (χ3n) is 3.89. The minimum atomic E-state index is -3.88. The van der Waals surface area contributed by atoms with Gasteiger partial charge >= 0.3 is 11.8 Å². The Morgan fingerprint density at radius 2 is 1.77 bits per heavy atom. The number of hydrogen-bond donors (Lipinski definition) is 3. The molecule has 0 saturated carbocycles. The van der Waals surface area contributed by atoms with Crippen molar-refractivity contribution in [1.82, 2.24) is 10.5 Å². The monoisotopic (exact) mass is 448 g/mol. The number of aryl methyl sites for hydroxylation is 1. The van der Waals surface area contributed by atoms with E-state index in [-0.39, 0.29) is 22.9 Å². The molecule has 11 heteroatoms. The number of benzene rings is 2. The smallest absolute Gasteiger partial charge is 0.313 e. The van der Waals surface area contributed by atoms with Crippen molar-refractivity contribution in [1.29, 1.82) is 0 Å². The normalized spacial score (nSPS) is 11.0. The van der Waals surface area contributed by atoms with Gasteiger partial charge in [-0.25, -0.2) is 8.42 Å². The molecular weight excluding hydrogens is 432 g/mol. The van der Waals surface area contributed by atoms with Crippen LogP contribution in [-0.4, -0.2) is 25.4 Å². The quantitative estimate of drug-likeness (QED) is 0.497. The minimum Gasteiger partial charge on any atom is -0.360 e. The van der Waals surface area contributed by atoms with E-state index in [4.69, 9.17) is 16.1 Å². The molecule has 0 atom stereocenters. The van der Waals surface area contributed by atoms with Crippen molar-refractivity contribution in [2.24, 2.45) is 0 Å². The Labute approximate surface area is 177 Å². The molecule has 30 heavy (non-hydrogen) atoms. The molecule has 0 aliphatic carbocycles. The lowest BCUT2D eigenvalue weighted by molar-refractivity contribution is -0.136. The third kappa shape index (κ3) is 5.37. The van der Waals surface area contributed by atoms with Crippen molar-refractivity contribution in [3.05, 3.63) is 70.9 Å². The van der Waals surface area contributed by atoms with Crippen LogP contribution in [-0.2, 0) is 26.2 Å². The van der Waals surface area contributed by atoms with Gasteiger partial charge in [0.1, 0.15) is 5.76 Å². The van der Waals surface area contributed by atoms with Crippen molar-refractivity contribution >= 4 is 44.9 Å². The molecule has 0 aliphatic rings. The van der Waals surface area contributed by atoms with Crippen LogP contribution in [0.25, 0.3) is 0 Å². The number of carbonyl (C=O) groups is 2. The molecule has 156 valence electrons. The fourth-order valence-corrected chi connectivity index (χ4v) is 3.60. The van der Waals surface area contributed by atoms with Gasteiger partial charge in [0.05, 0.1) is 4.90 Å². The summed E-state index contributed by atoms with van der Waals surface area (Å²) >= 11 is 6.01. The maximum atomic E-state index is 12.3. The van der Waals surface area contributed by atoms with Gasteiger partial charge in [0, 0.05) is 23.3 Å². The lowest BCUT2D eigenvalue weighted by atomic mass is 10.2. The van der Waals surface area contributed by atoms with Crippen LogP contribution in [0.4, 0.5) is 11.5 Å². The van der Waals surface area contributed by atoms with Gasteiger partial charge < -0.3 is 15.2 Å². The average molecular weight is 449 g/mol. The van der Waals surface area contributed by atoms with E-state index in [1.165, 1.54) is 30.3 Å². The molecule has 9 nitrogen and oxygen atoms in total. The molecule has 0 bridgehead atoms. The van der Waals surface area contributed by atoms with Gasteiger partial charge in [-0.3, -0.25) is 14.3 Å². The summed E-state index contributed by atoms with van der Waals surface area (Å²) in [7, 11) is -3.88. The van der Waals surface area contributed by atoms with Crippen molar-refractivity contribution < 1.29 is 22.5 Å². The molecule has 2 aromatic carbocycles. The fraction of sp³-hybridized carbons (Fsp3) is 0.105. The van der Waals surface area contributed by atoms with Crippen LogP contribution in [0.1, 0.15) is 11.3 Å². The van der Waals surface area contributed by atoms with Crippen molar-refractivity contribution in [2.75, 3.05) is 10.0 Å². The zero-order valence-corrected chi connectivity index (χ0v) is 17.3. The highest BCUT2D eigenvalue weighted by atomic mass is 35.5. The summed E-state index contributed by atoms with van der Waals surface area (Å²) in [6, 6.07) is 13.7. The van der Waals surface area contributed by atoms with Crippen molar-refractivity contribution in [3.8, 4) is 0 Å². The Kier molecular flexibility index (Phi) is 6.38. The summed E-state index contributed by atoms with van der Waals surface area (Å²) in [6.45, 7) is 1.73. The number of amides is 2. The van der Waals surface area contributed by atoms with Crippen LogP contribution >= 0.6 is 11.6 Å². The summed E-state index contributed by atoms with van der Waals surface area (Å²) in [6.07, 6.45) is 0. The zero-order valence-electron chi connectivity index (χ0n) is 15.7. The minimum absolute atomic E-state index is 0.0516. The van der Waals surface area contributed by atoms with Gasteiger partial charge in [0.2, 0.25) is 0 Å². The lowest BCUT2D eigenvalue weighted by Crippen LogP contribution is -2.35. The first-order chi connectivity index (χ1) is 14.2. The Bertz CT molecular complexity index is 1180. The van der Waals surface area contributed by atoms with Crippen molar-refractivity contribution in [2.45, 2.75) is 18.4 Å². The van der Waals surface area contributed by atoms with E-state index in [2.05, 4.69) is 20.5 Å². The number of rotatable bonds is 6. The fourth-order valence-electron chi connectivity index (χ4n) is 2.41. The van der Waals surface area contributed by atoms with E-state index in [0.717, 1.165) is 0 Å². The maximum absolute atomic E-state index is 12.3. The standard InChI is InChI=1S/C19H17ClN4O5S/c1-12-10-17(23-29-12)24-30(27,28)15-8-6-14(7-9-15)22-19(26)18(25)21-11-13-4-2-3-5-16(13)20/h2-10H,11H2,1H3,(H,21,25)(H,22,26)(H,23,24). The number of anilines is 2. The molecule has 1 aromatic heterocycles. The summed E-state index contributed by atoms with van der Waals surface area (Å²) in [5.74, 6) is -1.23. The molecule has 0 fully saturated rings. The second-order valence-corrected chi connectivity index (χ2v) is 8.27. The predicted molar refractivity (Wildman–Crippen MR) is 110 cm³/mol. The Morgan fingerprint density at radius 3 is 2.40 bits per heavy atom. The third-order valence-corrected chi connectivity index (χ3v) is 5.63. The first-order valence-corrected chi connectivity index (χ1v) is 10.5. The highest BCUT2D eigenvalue weighted by Crippen LogP contribution is 2.18. The van der Waals surface area contributed by atoms with E-state index >= 15 is 0 Å². The molecule has 0 unspecified atom stereocenters. The zero-order chi connectivity index (χ0) is 21.7. The summed E-state index contributed by atoms with van der Waals surface area (Å²) in [5, 5.41) is 8.91. The number of aromatic nitrogens is 1. The highest BCUT2D eigenvalue weighted by Gasteiger charge is 2.18. The predicted octanol–water partition coefficient (Wildman–Crippen LogP) is 2.69. The van der Waals surface area contributed by atoms with Crippen LogP contribution in [0.15, 0.2) is 64.0 Å². The molecule has 0 radical (unpaired) electrons. The summed E-state index contributed by atoms with van der Waals surface area (Å²) in [4.78, 5) is 24.0. The Hall–Kier alpha value is -3.37. The van der Waals surface area contributed by atoms with Gasteiger partial charge in [-0.15, -0.1) is 0 Å². The van der Waals surface area contributed by atoms with E-state index < -0.39 is 21.8 Å². The Balaban J connectivity index is 1.58. The van der Waals surface area contributed by atoms with Crippen LogP contribution in [0.5, 0.6) is 0 Å². The second-order valence-electron chi connectivity index (χ2n) is 6.18. The van der Waals surface area contributed by atoms with Crippen LogP contribution in [0.3, 0.4) is 0 Å². The van der Waals surface area contributed by atoms with Gasteiger partial charge in [-0.05, 0) is 42.8 Å². The number of halogens is 1. The molecule has 0 saturated heterocycles. The molecule has 1 heterocycles. The van der Waals surface area contributed by atoms with Gasteiger partial charge in [-0.2, -0.15) is 0 Å². The first kappa shape index (κ1) is 21.3. The van der Waals surface area contributed by atoms with Gasteiger partial charge in [0.25, 0.3) is 10.0 Å². The number of sulfonamides is 1. The molecule has 2 amide bonds. The number of nitrogens with one attached hydrogen (secondary N) is 3. The number of carbonyl (C=O) groups excluding carboxylic acids is 2. The highest BCUT2D eigenvalue weighted by molar-refractivity contribution is 7.92. The van der Waals surface area contributed by atoms with E-state index in [0.29, 0.717) is 16.3 Å². The van der Waals surface area contributed by atoms with E-state index in [1.807, 2.05) is 0 Å². The van der Waals surface area contributed by atoms with Gasteiger partial charge in [-0.1, -0.05) is 35.0 Å². The number of hydrogen-bond acceptors (Lipinski definition) is 6. The molecule has 3 N–H and O–H groups in total. The second kappa shape index (κ2) is 8.97. The van der Waals surface area contributed by atoms with E-state index in [1.54, 1.807) is 31.2 Å². The van der Waals surface area contributed by atoms with Crippen LogP contribution in [0, 0.1) is 6.92 Å². The largest absolute Gasteiger partial charge is 0.360 e. The van der Waals surface area contributed by atoms with Crippen LogP contribution in [0.2, 0.25) is 5.02 Å². The topological polar surface area (TPSA) is 130 Å². The van der Waals surface area contributed by atoms with E-state index in [9.17, 15) is 18.0 Å². The Morgan fingerprint density at radius 1 is 1.07 bits per heavy atom. The van der Waals surface area contributed by atoms with Gasteiger partial charge in [0.15, 0.2) is 5.82 Å². The average Bonchev–Trinajstić information content (AvgIpc) is 3.11. The SMILES string of the molecule is Cc1cc(NS(=O)(=O)c2ccc(NC(=O)C(=O)NCc3ccccc3Cl)cc2)no1. The lowest BCUT2D eigenvalue weighted by Gasteiger charge is -2.09. The first-order valence-electron chi connectivity index (χ1n) is 8.63. The molecular formula is C19H17ClN4O5S. The van der Waals surface area contributed by atoms with Crippen LogP contribution < -0.4 is 15.4 Å². The molecule has 3 rings (SSSR count).